The minimum Gasteiger partial charge on any atom is -0.497 e. The van der Waals surface area contributed by atoms with Crippen LogP contribution in [-0.4, -0.2) is 25.7 Å². The van der Waals surface area contributed by atoms with Crippen LogP contribution in [-0.2, 0) is 4.79 Å². The molecular formula is C23H25NO3. The first kappa shape index (κ1) is 18.8. The molecule has 0 aromatic heterocycles. The van der Waals surface area contributed by atoms with Gasteiger partial charge < -0.3 is 9.47 Å². The van der Waals surface area contributed by atoms with Crippen molar-refractivity contribution in [2.75, 3.05) is 19.1 Å². The number of rotatable bonds is 4. The predicted octanol–water partition coefficient (Wildman–Crippen LogP) is 4.95. The second-order valence-corrected chi connectivity index (χ2v) is 7.14. The maximum Gasteiger partial charge on any atom is 0.251 e. The van der Waals surface area contributed by atoms with Crippen LogP contribution in [0.5, 0.6) is 11.5 Å². The van der Waals surface area contributed by atoms with E-state index in [4.69, 9.17) is 9.47 Å². The molecule has 0 radical (unpaired) electrons. The van der Waals surface area contributed by atoms with Crippen molar-refractivity contribution in [3.05, 3.63) is 65.7 Å². The zero-order valence-electron chi connectivity index (χ0n) is 16.4. The van der Waals surface area contributed by atoms with Crippen molar-refractivity contribution in [3.8, 4) is 11.5 Å². The lowest BCUT2D eigenvalue weighted by Crippen LogP contribution is -2.48. The molecule has 0 bridgehead atoms. The van der Waals surface area contributed by atoms with Gasteiger partial charge in [0.1, 0.15) is 11.5 Å². The van der Waals surface area contributed by atoms with E-state index >= 15 is 0 Å². The minimum atomic E-state index is -0.440. The summed E-state index contributed by atoms with van der Waals surface area (Å²) in [5.74, 6) is 1.45. The fraction of sp³-hybridized carbons (Fsp3) is 0.261. The van der Waals surface area contributed by atoms with E-state index in [1.54, 1.807) is 20.3 Å². The molecule has 0 saturated heterocycles. The number of nitrogens with zero attached hydrogens (tertiary/aromatic N) is 1. The maximum absolute atomic E-state index is 13.1. The molecule has 3 rings (SSSR count). The van der Waals surface area contributed by atoms with Crippen LogP contribution < -0.4 is 14.4 Å². The fourth-order valence-electron chi connectivity index (χ4n) is 3.50. The van der Waals surface area contributed by atoms with E-state index in [-0.39, 0.29) is 5.91 Å². The van der Waals surface area contributed by atoms with Crippen LogP contribution in [0.3, 0.4) is 0 Å². The highest BCUT2D eigenvalue weighted by Gasteiger charge is 2.35. The summed E-state index contributed by atoms with van der Waals surface area (Å²) in [6.45, 7) is 6.15. The van der Waals surface area contributed by atoms with E-state index in [0.717, 1.165) is 33.9 Å². The van der Waals surface area contributed by atoms with Crippen molar-refractivity contribution >= 4 is 23.2 Å². The lowest BCUT2D eigenvalue weighted by atomic mass is 9.88. The average Bonchev–Trinajstić information content (AvgIpc) is 2.65. The summed E-state index contributed by atoms with van der Waals surface area (Å²) < 4.78 is 10.5. The summed E-state index contributed by atoms with van der Waals surface area (Å²) in [5, 5.41) is 0. The number of allylic oxidation sites excluding steroid dienone is 1. The van der Waals surface area contributed by atoms with Crippen LogP contribution >= 0.6 is 0 Å². The van der Waals surface area contributed by atoms with Crippen LogP contribution in [0, 0.1) is 0 Å². The van der Waals surface area contributed by atoms with E-state index in [0.29, 0.717) is 0 Å². The summed E-state index contributed by atoms with van der Waals surface area (Å²) in [5.41, 5.74) is 3.56. The highest BCUT2D eigenvalue weighted by Crippen LogP contribution is 2.40. The van der Waals surface area contributed by atoms with E-state index in [1.165, 1.54) is 0 Å². The Labute approximate surface area is 160 Å². The Morgan fingerprint density at radius 2 is 1.63 bits per heavy atom. The Morgan fingerprint density at radius 3 is 2.26 bits per heavy atom. The SMILES string of the molecule is COc1ccc(/C=C/C(=O)N2c3cc(OC)ccc3C(C)=CC2(C)C)cc1. The van der Waals surface area contributed by atoms with Gasteiger partial charge >= 0.3 is 0 Å². The molecule has 0 aliphatic carbocycles. The van der Waals surface area contributed by atoms with Crippen LogP contribution in [0.1, 0.15) is 31.9 Å². The molecule has 1 aliphatic heterocycles. The number of methoxy groups -OCH3 is 2. The summed E-state index contributed by atoms with van der Waals surface area (Å²) in [6.07, 6.45) is 5.56. The quantitative estimate of drug-likeness (QED) is 0.722. The highest BCUT2D eigenvalue weighted by molar-refractivity contribution is 6.08. The third-order valence-electron chi connectivity index (χ3n) is 4.77. The Bertz CT molecular complexity index is 908. The van der Waals surface area contributed by atoms with Gasteiger partial charge in [0, 0.05) is 17.7 Å². The maximum atomic E-state index is 13.1. The highest BCUT2D eigenvalue weighted by atomic mass is 16.5. The number of amides is 1. The Balaban J connectivity index is 1.96. The molecule has 1 heterocycles. The first-order chi connectivity index (χ1) is 12.9. The molecule has 1 amide bonds. The third-order valence-corrected chi connectivity index (χ3v) is 4.77. The van der Waals surface area contributed by atoms with Gasteiger partial charge in [0.2, 0.25) is 0 Å². The van der Waals surface area contributed by atoms with Crippen molar-refractivity contribution in [1.29, 1.82) is 0 Å². The van der Waals surface area contributed by atoms with Gasteiger partial charge in [-0.05, 0) is 62.2 Å². The Kier molecular flexibility index (Phi) is 5.08. The van der Waals surface area contributed by atoms with Crippen molar-refractivity contribution in [2.45, 2.75) is 26.3 Å². The molecule has 0 saturated carbocycles. The molecule has 0 spiro atoms. The smallest absolute Gasteiger partial charge is 0.251 e. The molecule has 2 aromatic rings. The summed E-state index contributed by atoms with van der Waals surface area (Å²) in [6, 6.07) is 13.4. The summed E-state index contributed by atoms with van der Waals surface area (Å²) >= 11 is 0. The van der Waals surface area contributed by atoms with Crippen molar-refractivity contribution in [2.24, 2.45) is 0 Å². The van der Waals surface area contributed by atoms with Gasteiger partial charge in [-0.3, -0.25) is 9.69 Å². The summed E-state index contributed by atoms with van der Waals surface area (Å²) in [4.78, 5) is 14.9. The third kappa shape index (κ3) is 3.75. The van der Waals surface area contributed by atoms with Gasteiger partial charge in [0.15, 0.2) is 0 Å². The van der Waals surface area contributed by atoms with E-state index in [9.17, 15) is 4.79 Å². The zero-order chi connectivity index (χ0) is 19.6. The number of carbonyl (C=O) groups excluding carboxylic acids is 1. The normalized spacial score (nSPS) is 15.3. The van der Waals surface area contributed by atoms with E-state index in [1.807, 2.05) is 67.3 Å². The van der Waals surface area contributed by atoms with Crippen LogP contribution in [0.15, 0.2) is 54.6 Å². The molecule has 1 aliphatic rings. The van der Waals surface area contributed by atoms with Gasteiger partial charge in [0.25, 0.3) is 5.91 Å². The standard InChI is InChI=1S/C23H25NO3/c1-16-15-23(2,3)24(21-14-19(27-5)11-12-20(16)21)22(25)13-8-17-6-9-18(26-4)10-7-17/h6-15H,1-5H3/b13-8+. The number of carbonyl (C=O) groups is 1. The molecule has 4 heteroatoms. The van der Waals surface area contributed by atoms with Gasteiger partial charge in [-0.25, -0.2) is 0 Å². The summed E-state index contributed by atoms with van der Waals surface area (Å²) in [7, 11) is 3.27. The number of hydrogen-bond acceptors (Lipinski definition) is 3. The van der Waals surface area contributed by atoms with Crippen LogP contribution in [0.2, 0.25) is 0 Å². The predicted molar refractivity (Wildman–Crippen MR) is 110 cm³/mol. The van der Waals surface area contributed by atoms with Crippen molar-refractivity contribution in [3.63, 3.8) is 0 Å². The minimum absolute atomic E-state index is 0.0749. The number of ether oxygens (including phenoxy) is 2. The van der Waals surface area contributed by atoms with Crippen molar-refractivity contribution < 1.29 is 14.3 Å². The van der Waals surface area contributed by atoms with Crippen molar-refractivity contribution in [1.82, 2.24) is 0 Å². The Hall–Kier alpha value is -3.01. The number of anilines is 1. The average molecular weight is 363 g/mol. The number of benzene rings is 2. The van der Waals surface area contributed by atoms with Gasteiger partial charge in [-0.2, -0.15) is 0 Å². The first-order valence-corrected chi connectivity index (χ1v) is 8.90. The number of fused-ring (bicyclic) bond motifs is 1. The van der Waals surface area contributed by atoms with Crippen LogP contribution in [0.4, 0.5) is 5.69 Å². The van der Waals surface area contributed by atoms with Gasteiger partial charge in [-0.15, -0.1) is 0 Å². The topological polar surface area (TPSA) is 38.8 Å². The lowest BCUT2D eigenvalue weighted by Gasteiger charge is -2.41. The fourth-order valence-corrected chi connectivity index (χ4v) is 3.50. The monoisotopic (exact) mass is 363 g/mol. The van der Waals surface area contributed by atoms with Gasteiger partial charge in [-0.1, -0.05) is 18.2 Å². The van der Waals surface area contributed by atoms with E-state index < -0.39 is 5.54 Å². The van der Waals surface area contributed by atoms with Gasteiger partial charge in [0.05, 0.1) is 25.4 Å². The molecule has 0 fully saturated rings. The lowest BCUT2D eigenvalue weighted by molar-refractivity contribution is -0.114. The molecule has 0 unspecified atom stereocenters. The molecule has 27 heavy (non-hydrogen) atoms. The Morgan fingerprint density at radius 1 is 1.00 bits per heavy atom. The molecule has 0 N–H and O–H groups in total. The number of hydrogen-bond donors (Lipinski definition) is 0. The molecule has 2 aromatic carbocycles. The molecule has 0 atom stereocenters. The first-order valence-electron chi connectivity index (χ1n) is 8.90. The second-order valence-electron chi connectivity index (χ2n) is 7.14. The van der Waals surface area contributed by atoms with E-state index in [2.05, 4.69) is 13.0 Å². The molecule has 4 nitrogen and oxygen atoms in total. The molecule has 140 valence electrons. The zero-order valence-corrected chi connectivity index (χ0v) is 16.4. The second kappa shape index (κ2) is 7.31. The molecular weight excluding hydrogens is 338 g/mol. The van der Waals surface area contributed by atoms with Crippen LogP contribution in [0.25, 0.3) is 11.6 Å². The largest absolute Gasteiger partial charge is 0.497 e.